The molecule has 5 aromatic rings. The minimum Gasteiger partial charge on any atom is -0.464 e. The monoisotopic (exact) mass is 391 g/mol. The van der Waals surface area contributed by atoms with Crippen LogP contribution in [-0.2, 0) is 6.54 Å². The van der Waals surface area contributed by atoms with Gasteiger partial charge in [0, 0.05) is 40.7 Å². The fourth-order valence-corrected chi connectivity index (χ4v) is 4.72. The molecule has 30 heavy (non-hydrogen) atoms. The van der Waals surface area contributed by atoms with E-state index in [1.165, 1.54) is 16.7 Å². The van der Waals surface area contributed by atoms with E-state index in [2.05, 4.69) is 76.7 Å². The fraction of sp³-hybridized carbons (Fsp3) is 0.154. The van der Waals surface area contributed by atoms with Crippen molar-refractivity contribution in [1.82, 2.24) is 15.1 Å². The van der Waals surface area contributed by atoms with Gasteiger partial charge < -0.3 is 9.32 Å². The van der Waals surface area contributed by atoms with Crippen LogP contribution in [0.3, 0.4) is 0 Å². The Balaban J connectivity index is 1.47. The molecular formula is C26H21N3O. The lowest BCUT2D eigenvalue weighted by molar-refractivity contribution is 0.295. The molecule has 3 heterocycles. The van der Waals surface area contributed by atoms with Gasteiger partial charge in [0.2, 0.25) is 0 Å². The molecule has 1 aliphatic heterocycles. The number of hydrogen-bond donors (Lipinski definition) is 0. The van der Waals surface area contributed by atoms with Gasteiger partial charge in [0.15, 0.2) is 0 Å². The van der Waals surface area contributed by atoms with Crippen LogP contribution in [0.2, 0.25) is 0 Å². The van der Waals surface area contributed by atoms with E-state index in [-0.39, 0.29) is 0 Å². The van der Waals surface area contributed by atoms with Crippen molar-refractivity contribution >= 4 is 21.7 Å². The Kier molecular flexibility index (Phi) is 3.93. The Morgan fingerprint density at radius 3 is 2.87 bits per heavy atom. The van der Waals surface area contributed by atoms with Gasteiger partial charge in [0.05, 0.1) is 12.5 Å². The molecule has 1 atom stereocenters. The molecule has 0 spiro atoms. The van der Waals surface area contributed by atoms with Gasteiger partial charge >= 0.3 is 0 Å². The van der Waals surface area contributed by atoms with Crippen LogP contribution in [0.15, 0.2) is 83.6 Å². The molecule has 2 aromatic heterocycles. The number of hydrogen-bond acceptors (Lipinski definition) is 4. The SMILES string of the molecule is CN1Cc2cc(-c3nncc4ccccc34)ccc2C(c2ccc3occc3c2)C1. The van der Waals surface area contributed by atoms with E-state index in [9.17, 15) is 0 Å². The van der Waals surface area contributed by atoms with Gasteiger partial charge in [0.25, 0.3) is 0 Å². The third-order valence-corrected chi connectivity index (χ3v) is 6.18. The normalized spacial score (nSPS) is 16.8. The maximum Gasteiger partial charge on any atom is 0.133 e. The summed E-state index contributed by atoms with van der Waals surface area (Å²) in [5, 5.41) is 12.1. The lowest BCUT2D eigenvalue weighted by Crippen LogP contribution is -2.31. The highest BCUT2D eigenvalue weighted by Gasteiger charge is 2.25. The number of fused-ring (bicyclic) bond motifs is 3. The molecule has 3 aromatic carbocycles. The van der Waals surface area contributed by atoms with Crippen LogP contribution < -0.4 is 0 Å². The van der Waals surface area contributed by atoms with Gasteiger partial charge in [-0.05, 0) is 48.0 Å². The molecule has 6 rings (SSSR count). The molecule has 0 saturated heterocycles. The van der Waals surface area contributed by atoms with E-state index in [0.717, 1.165) is 46.1 Å². The van der Waals surface area contributed by atoms with Crippen molar-refractivity contribution in [1.29, 1.82) is 0 Å². The van der Waals surface area contributed by atoms with Crippen LogP contribution in [0.1, 0.15) is 22.6 Å². The summed E-state index contributed by atoms with van der Waals surface area (Å²) in [4.78, 5) is 2.39. The summed E-state index contributed by atoms with van der Waals surface area (Å²) in [5.41, 5.74) is 7.08. The molecule has 0 saturated carbocycles. The van der Waals surface area contributed by atoms with E-state index >= 15 is 0 Å². The van der Waals surface area contributed by atoms with Gasteiger partial charge in [-0.25, -0.2) is 0 Å². The summed E-state index contributed by atoms with van der Waals surface area (Å²) < 4.78 is 5.53. The predicted octanol–water partition coefficient (Wildman–Crippen LogP) is 5.62. The van der Waals surface area contributed by atoms with E-state index in [4.69, 9.17) is 4.42 Å². The number of nitrogens with zero attached hydrogens (tertiary/aromatic N) is 3. The van der Waals surface area contributed by atoms with Crippen LogP contribution in [0.25, 0.3) is 33.0 Å². The lowest BCUT2D eigenvalue weighted by Gasteiger charge is -2.33. The largest absolute Gasteiger partial charge is 0.464 e. The Morgan fingerprint density at radius 1 is 0.967 bits per heavy atom. The van der Waals surface area contributed by atoms with E-state index in [0.29, 0.717) is 5.92 Å². The summed E-state index contributed by atoms with van der Waals surface area (Å²) >= 11 is 0. The topological polar surface area (TPSA) is 42.2 Å². The zero-order valence-electron chi connectivity index (χ0n) is 16.7. The minimum absolute atomic E-state index is 0.339. The number of rotatable bonds is 2. The second-order valence-corrected chi connectivity index (χ2v) is 8.16. The molecule has 1 aliphatic rings. The van der Waals surface area contributed by atoms with Crippen LogP contribution in [-0.4, -0.2) is 28.7 Å². The molecule has 146 valence electrons. The average Bonchev–Trinajstić information content (AvgIpc) is 3.25. The quantitative estimate of drug-likeness (QED) is 0.392. The van der Waals surface area contributed by atoms with Crippen molar-refractivity contribution in [3.63, 3.8) is 0 Å². The van der Waals surface area contributed by atoms with Gasteiger partial charge in [0.1, 0.15) is 11.3 Å². The van der Waals surface area contributed by atoms with Crippen molar-refractivity contribution in [2.45, 2.75) is 12.5 Å². The molecular weight excluding hydrogens is 370 g/mol. The molecule has 0 N–H and O–H groups in total. The van der Waals surface area contributed by atoms with E-state index in [1.807, 2.05) is 18.3 Å². The highest BCUT2D eigenvalue weighted by Crippen LogP contribution is 2.37. The Labute approximate surface area is 174 Å². The van der Waals surface area contributed by atoms with Crippen LogP contribution in [0.4, 0.5) is 0 Å². The molecule has 4 heteroatoms. The molecule has 4 nitrogen and oxygen atoms in total. The molecule has 0 fully saturated rings. The standard InChI is InChI=1S/C26H21N3O/c1-29-15-21-13-19(26-23-5-3-2-4-20(23)14-27-28-26)6-8-22(21)24(16-29)17-7-9-25-18(12-17)10-11-30-25/h2-14,24H,15-16H2,1H3. The molecule has 0 radical (unpaired) electrons. The fourth-order valence-electron chi connectivity index (χ4n) is 4.72. The summed E-state index contributed by atoms with van der Waals surface area (Å²) in [6, 6.07) is 23.7. The highest BCUT2D eigenvalue weighted by atomic mass is 16.3. The summed E-state index contributed by atoms with van der Waals surface area (Å²) in [5.74, 6) is 0.339. The third-order valence-electron chi connectivity index (χ3n) is 6.18. The van der Waals surface area contributed by atoms with E-state index < -0.39 is 0 Å². The summed E-state index contributed by atoms with van der Waals surface area (Å²) in [6.45, 7) is 1.94. The second kappa shape index (κ2) is 6.78. The Bertz CT molecular complexity index is 1380. The van der Waals surface area contributed by atoms with Crippen LogP contribution in [0, 0.1) is 0 Å². The second-order valence-electron chi connectivity index (χ2n) is 8.16. The van der Waals surface area contributed by atoms with Gasteiger partial charge in [-0.15, -0.1) is 5.10 Å². The zero-order valence-corrected chi connectivity index (χ0v) is 16.7. The molecule has 0 amide bonds. The van der Waals surface area contributed by atoms with Crippen LogP contribution >= 0.6 is 0 Å². The highest BCUT2D eigenvalue weighted by molar-refractivity contribution is 5.93. The number of aromatic nitrogens is 2. The molecule has 0 bridgehead atoms. The predicted molar refractivity (Wildman–Crippen MR) is 119 cm³/mol. The maximum absolute atomic E-state index is 5.53. The lowest BCUT2D eigenvalue weighted by atomic mass is 9.83. The first-order valence-electron chi connectivity index (χ1n) is 10.3. The average molecular weight is 391 g/mol. The molecule has 1 unspecified atom stereocenters. The summed E-state index contributed by atoms with van der Waals surface area (Å²) in [7, 11) is 2.19. The summed E-state index contributed by atoms with van der Waals surface area (Å²) in [6.07, 6.45) is 3.58. The zero-order chi connectivity index (χ0) is 20.1. The first-order chi connectivity index (χ1) is 14.8. The van der Waals surface area contributed by atoms with Gasteiger partial charge in [-0.2, -0.15) is 5.10 Å². The van der Waals surface area contributed by atoms with Crippen molar-refractivity contribution in [2.24, 2.45) is 0 Å². The van der Waals surface area contributed by atoms with Gasteiger partial charge in [-0.1, -0.05) is 42.5 Å². The third kappa shape index (κ3) is 2.80. The number of furan rings is 1. The number of benzene rings is 3. The van der Waals surface area contributed by atoms with Crippen LogP contribution in [0.5, 0.6) is 0 Å². The first kappa shape index (κ1) is 17.4. The van der Waals surface area contributed by atoms with Crippen molar-refractivity contribution < 1.29 is 4.42 Å². The Hall–Kier alpha value is -3.50. The van der Waals surface area contributed by atoms with Crippen molar-refractivity contribution in [3.05, 3.63) is 95.9 Å². The molecule has 0 aliphatic carbocycles. The first-order valence-corrected chi connectivity index (χ1v) is 10.3. The maximum atomic E-state index is 5.53. The smallest absolute Gasteiger partial charge is 0.133 e. The van der Waals surface area contributed by atoms with Crippen molar-refractivity contribution in [3.8, 4) is 11.3 Å². The number of likely N-dealkylation sites (N-methyl/N-ethyl adjacent to an activating group) is 1. The van der Waals surface area contributed by atoms with Crippen molar-refractivity contribution in [2.75, 3.05) is 13.6 Å². The minimum atomic E-state index is 0.339. The van der Waals surface area contributed by atoms with E-state index in [1.54, 1.807) is 6.26 Å². The van der Waals surface area contributed by atoms with Gasteiger partial charge in [-0.3, -0.25) is 0 Å². The Morgan fingerprint density at radius 2 is 1.90 bits per heavy atom.